The lowest BCUT2D eigenvalue weighted by molar-refractivity contribution is 0.0657. The van der Waals surface area contributed by atoms with Crippen LogP contribution < -0.4 is 10.1 Å². The van der Waals surface area contributed by atoms with E-state index in [0.29, 0.717) is 11.9 Å². The molecule has 6 nitrogen and oxygen atoms in total. The lowest BCUT2D eigenvalue weighted by Gasteiger charge is -2.24. The summed E-state index contributed by atoms with van der Waals surface area (Å²) in [4.78, 5) is 0. The largest absolute Gasteiger partial charge is 0.480 e. The van der Waals surface area contributed by atoms with Gasteiger partial charge in [0, 0.05) is 24.2 Å². The SMILES string of the molecule is COc1nscc1C(C)Nc1cnn(C2CCOCC2)c1C. The monoisotopic (exact) mass is 322 g/mol. The fourth-order valence-corrected chi connectivity index (χ4v) is 3.60. The fraction of sp³-hybridized carbons (Fsp3) is 0.600. The molecule has 0 radical (unpaired) electrons. The van der Waals surface area contributed by atoms with Crippen LogP contribution in [0.2, 0.25) is 0 Å². The quantitative estimate of drug-likeness (QED) is 0.916. The van der Waals surface area contributed by atoms with E-state index in [4.69, 9.17) is 9.47 Å². The molecule has 1 atom stereocenters. The number of hydrogen-bond donors (Lipinski definition) is 1. The predicted octanol–water partition coefficient (Wildman–Crippen LogP) is 3.18. The van der Waals surface area contributed by atoms with Gasteiger partial charge in [-0.2, -0.15) is 9.47 Å². The van der Waals surface area contributed by atoms with Crippen LogP contribution in [-0.2, 0) is 4.74 Å². The maximum absolute atomic E-state index is 5.43. The van der Waals surface area contributed by atoms with Gasteiger partial charge in [-0.25, -0.2) is 0 Å². The normalized spacial score (nSPS) is 17.4. The first-order valence-electron chi connectivity index (χ1n) is 7.57. The molecule has 3 rings (SSSR count). The second kappa shape index (κ2) is 6.66. The molecule has 2 aromatic heterocycles. The minimum Gasteiger partial charge on any atom is -0.480 e. The first-order valence-corrected chi connectivity index (χ1v) is 8.41. The summed E-state index contributed by atoms with van der Waals surface area (Å²) >= 11 is 1.41. The van der Waals surface area contributed by atoms with Crippen LogP contribution in [0, 0.1) is 6.92 Å². The number of methoxy groups -OCH3 is 1. The van der Waals surface area contributed by atoms with Gasteiger partial charge in [0.05, 0.1) is 36.8 Å². The van der Waals surface area contributed by atoms with Gasteiger partial charge < -0.3 is 14.8 Å². The summed E-state index contributed by atoms with van der Waals surface area (Å²) < 4.78 is 17.1. The van der Waals surface area contributed by atoms with Gasteiger partial charge in [0.1, 0.15) is 0 Å². The van der Waals surface area contributed by atoms with Gasteiger partial charge in [0.25, 0.3) is 0 Å². The maximum atomic E-state index is 5.43. The maximum Gasteiger partial charge on any atom is 0.230 e. The highest BCUT2D eigenvalue weighted by Crippen LogP contribution is 2.31. The Kier molecular flexibility index (Phi) is 4.63. The van der Waals surface area contributed by atoms with Crippen molar-refractivity contribution in [1.29, 1.82) is 0 Å². The van der Waals surface area contributed by atoms with Crippen molar-refractivity contribution in [3.8, 4) is 5.88 Å². The molecule has 3 heterocycles. The van der Waals surface area contributed by atoms with Crippen LogP contribution >= 0.6 is 11.5 Å². The number of rotatable bonds is 5. The van der Waals surface area contributed by atoms with Crippen LogP contribution in [0.1, 0.15) is 43.1 Å². The van der Waals surface area contributed by atoms with Crippen molar-refractivity contribution in [1.82, 2.24) is 14.2 Å². The van der Waals surface area contributed by atoms with Gasteiger partial charge in [0.15, 0.2) is 0 Å². The van der Waals surface area contributed by atoms with E-state index in [1.54, 1.807) is 7.11 Å². The van der Waals surface area contributed by atoms with Gasteiger partial charge in [-0.3, -0.25) is 4.68 Å². The Morgan fingerprint density at radius 3 is 2.95 bits per heavy atom. The molecule has 0 aromatic carbocycles. The third-order valence-corrected chi connectivity index (χ3v) is 4.81. The lowest BCUT2D eigenvalue weighted by atomic mass is 10.1. The summed E-state index contributed by atoms with van der Waals surface area (Å²) in [5.41, 5.74) is 3.30. The average molecular weight is 322 g/mol. The molecule has 7 heteroatoms. The van der Waals surface area contributed by atoms with E-state index >= 15 is 0 Å². The molecule has 0 bridgehead atoms. The standard InChI is InChI=1S/C15H22N4O2S/c1-10(13-9-22-18-15(13)20-3)17-14-8-16-19(11(14)2)12-4-6-21-7-5-12/h8-10,12,17H,4-7H2,1-3H3. The summed E-state index contributed by atoms with van der Waals surface area (Å²) in [5, 5.41) is 10.1. The first-order chi connectivity index (χ1) is 10.7. The van der Waals surface area contributed by atoms with E-state index in [9.17, 15) is 0 Å². The van der Waals surface area contributed by atoms with Crippen molar-refractivity contribution >= 4 is 17.2 Å². The number of aromatic nitrogens is 3. The van der Waals surface area contributed by atoms with Crippen LogP contribution in [0.4, 0.5) is 5.69 Å². The molecular formula is C15H22N4O2S. The van der Waals surface area contributed by atoms with Crippen molar-refractivity contribution in [3.63, 3.8) is 0 Å². The third-order valence-electron chi connectivity index (χ3n) is 4.18. The molecule has 1 fully saturated rings. The Hall–Kier alpha value is -1.60. The smallest absolute Gasteiger partial charge is 0.230 e. The zero-order chi connectivity index (χ0) is 15.5. The molecule has 1 unspecified atom stereocenters. The second-order valence-corrected chi connectivity index (χ2v) is 6.21. The molecule has 0 aliphatic carbocycles. The Morgan fingerprint density at radius 2 is 2.23 bits per heavy atom. The predicted molar refractivity (Wildman–Crippen MR) is 86.8 cm³/mol. The molecule has 22 heavy (non-hydrogen) atoms. The highest BCUT2D eigenvalue weighted by Gasteiger charge is 2.21. The van der Waals surface area contributed by atoms with Crippen LogP contribution in [0.15, 0.2) is 11.6 Å². The molecule has 0 spiro atoms. The van der Waals surface area contributed by atoms with Crippen molar-refractivity contribution in [2.75, 3.05) is 25.6 Å². The number of hydrogen-bond acceptors (Lipinski definition) is 6. The summed E-state index contributed by atoms with van der Waals surface area (Å²) in [6.45, 7) is 5.86. The van der Waals surface area contributed by atoms with Gasteiger partial charge in [-0.1, -0.05) is 0 Å². The summed E-state index contributed by atoms with van der Waals surface area (Å²) in [5.74, 6) is 0.694. The Balaban J connectivity index is 1.74. The van der Waals surface area contributed by atoms with Gasteiger partial charge >= 0.3 is 0 Å². The third kappa shape index (κ3) is 2.96. The summed E-state index contributed by atoms with van der Waals surface area (Å²) in [7, 11) is 1.65. The van der Waals surface area contributed by atoms with Crippen molar-refractivity contribution < 1.29 is 9.47 Å². The highest BCUT2D eigenvalue weighted by molar-refractivity contribution is 7.03. The van der Waals surface area contributed by atoms with E-state index < -0.39 is 0 Å². The zero-order valence-corrected chi connectivity index (χ0v) is 14.0. The molecule has 1 aliphatic rings. The second-order valence-electron chi connectivity index (χ2n) is 5.58. The minimum atomic E-state index is 0.125. The molecule has 1 saturated heterocycles. The highest BCUT2D eigenvalue weighted by atomic mass is 32.1. The molecule has 0 amide bonds. The molecule has 1 aliphatic heterocycles. The zero-order valence-electron chi connectivity index (χ0n) is 13.2. The van der Waals surface area contributed by atoms with Gasteiger partial charge in [-0.05, 0) is 38.2 Å². The van der Waals surface area contributed by atoms with E-state index in [1.807, 2.05) is 11.6 Å². The first kappa shape index (κ1) is 15.3. The number of nitrogens with one attached hydrogen (secondary N) is 1. The molecule has 2 aromatic rings. The van der Waals surface area contributed by atoms with Crippen molar-refractivity contribution in [2.24, 2.45) is 0 Å². The Labute approximate surface area is 134 Å². The molecule has 1 N–H and O–H groups in total. The van der Waals surface area contributed by atoms with E-state index in [2.05, 4.69) is 33.3 Å². The molecular weight excluding hydrogens is 300 g/mol. The van der Waals surface area contributed by atoms with Crippen LogP contribution in [-0.4, -0.2) is 34.5 Å². The average Bonchev–Trinajstić information content (AvgIpc) is 3.15. The molecule has 0 saturated carbocycles. The lowest BCUT2D eigenvalue weighted by Crippen LogP contribution is -2.21. The summed E-state index contributed by atoms with van der Waals surface area (Å²) in [6, 6.07) is 0.566. The van der Waals surface area contributed by atoms with E-state index in [-0.39, 0.29) is 6.04 Å². The van der Waals surface area contributed by atoms with Crippen LogP contribution in [0.3, 0.4) is 0 Å². The van der Waals surface area contributed by atoms with Crippen molar-refractivity contribution in [3.05, 3.63) is 22.8 Å². The number of anilines is 1. The summed E-state index contributed by atoms with van der Waals surface area (Å²) in [6.07, 6.45) is 3.97. The topological polar surface area (TPSA) is 61.2 Å². The number of nitrogens with zero attached hydrogens (tertiary/aromatic N) is 3. The minimum absolute atomic E-state index is 0.125. The Bertz CT molecular complexity index is 619. The Morgan fingerprint density at radius 1 is 1.45 bits per heavy atom. The number of ether oxygens (including phenoxy) is 2. The van der Waals surface area contributed by atoms with Crippen LogP contribution in [0.5, 0.6) is 5.88 Å². The molecule has 120 valence electrons. The van der Waals surface area contributed by atoms with Gasteiger partial charge in [0.2, 0.25) is 5.88 Å². The van der Waals surface area contributed by atoms with Crippen molar-refractivity contribution in [2.45, 2.75) is 38.8 Å². The van der Waals surface area contributed by atoms with Gasteiger partial charge in [-0.15, -0.1) is 0 Å². The van der Waals surface area contributed by atoms with E-state index in [0.717, 1.165) is 37.3 Å². The van der Waals surface area contributed by atoms with Crippen LogP contribution in [0.25, 0.3) is 0 Å². The van der Waals surface area contributed by atoms with E-state index in [1.165, 1.54) is 17.2 Å². The fourth-order valence-electron chi connectivity index (χ4n) is 2.85.